The molecule has 1 N–H and O–H groups in total. The van der Waals surface area contributed by atoms with Gasteiger partial charge in [-0.15, -0.1) is 0 Å². The molecule has 1 heterocycles. The molecule has 0 unspecified atom stereocenters. The van der Waals surface area contributed by atoms with Gasteiger partial charge in [-0.25, -0.2) is 18.0 Å². The number of benzene rings is 4. The first-order valence-electron chi connectivity index (χ1n) is 12.2. The van der Waals surface area contributed by atoms with Gasteiger partial charge in [-0.05, 0) is 54.8 Å². The van der Waals surface area contributed by atoms with Crippen molar-refractivity contribution in [1.29, 1.82) is 0 Å². The normalized spacial score (nSPS) is 12.3. The summed E-state index contributed by atoms with van der Waals surface area (Å²) in [5, 5.41) is 0.679. The molecule has 4 aromatic carbocycles. The molecule has 5 aromatic rings. The van der Waals surface area contributed by atoms with Crippen LogP contribution in [0.3, 0.4) is 0 Å². The first kappa shape index (κ1) is 26.1. The van der Waals surface area contributed by atoms with E-state index >= 15 is 0 Å². The Bertz CT molecular complexity index is 1810. The molecule has 0 fully saturated rings. The number of aryl methyl sites for hydroxylation is 2. The Balaban J connectivity index is 1.51. The van der Waals surface area contributed by atoms with Gasteiger partial charge in [-0.2, -0.15) is 4.72 Å². The summed E-state index contributed by atoms with van der Waals surface area (Å²) in [5.74, 6) is -0.683. The number of ether oxygens (including phenoxy) is 1. The second-order valence-corrected chi connectivity index (χ2v) is 10.8. The molecule has 1 atom stereocenters. The van der Waals surface area contributed by atoms with E-state index in [2.05, 4.69) is 4.72 Å². The van der Waals surface area contributed by atoms with Crippen LogP contribution in [-0.4, -0.2) is 14.4 Å². The van der Waals surface area contributed by atoms with Crippen LogP contribution >= 0.6 is 0 Å². The maximum absolute atomic E-state index is 13.5. The van der Waals surface area contributed by atoms with Crippen LogP contribution in [-0.2, 0) is 14.8 Å². The molecule has 8 heteroatoms. The number of hydrogen-bond donors (Lipinski definition) is 1. The van der Waals surface area contributed by atoms with Crippen molar-refractivity contribution in [1.82, 2.24) is 4.72 Å². The van der Waals surface area contributed by atoms with Crippen LogP contribution in [0.25, 0.3) is 22.1 Å². The molecule has 5 rings (SSSR count). The number of esters is 1. The van der Waals surface area contributed by atoms with E-state index in [0.29, 0.717) is 22.1 Å². The average molecular weight is 540 g/mol. The minimum absolute atomic E-state index is 0.0268. The number of carbonyl (C=O) groups excluding carboxylic acids is 1. The standard InChI is InChI=1S/C31H25NO6S/c1-20-13-15-24(16-14-20)39(35,36)32-29(23-11-7-4-8-12-23)31(34)37-27-18-17-25-26(22-9-5-3-6-10-22)19-28(33)38-30(25)21(27)2/h3-19,29,32H,1-2H3/t29-/m1/s1. The summed E-state index contributed by atoms with van der Waals surface area (Å²) in [4.78, 5) is 25.9. The molecular formula is C31H25NO6S. The summed E-state index contributed by atoms with van der Waals surface area (Å²) in [6.07, 6.45) is 0. The first-order valence-corrected chi connectivity index (χ1v) is 13.7. The van der Waals surface area contributed by atoms with Crippen molar-refractivity contribution in [3.8, 4) is 16.9 Å². The molecule has 1 aromatic heterocycles. The van der Waals surface area contributed by atoms with Gasteiger partial charge in [0.1, 0.15) is 17.4 Å². The molecule has 0 saturated carbocycles. The van der Waals surface area contributed by atoms with Crippen molar-refractivity contribution in [2.45, 2.75) is 24.8 Å². The van der Waals surface area contributed by atoms with E-state index in [1.807, 2.05) is 37.3 Å². The Morgan fingerprint density at radius 2 is 1.49 bits per heavy atom. The largest absolute Gasteiger partial charge is 0.425 e. The highest BCUT2D eigenvalue weighted by atomic mass is 32.2. The second kappa shape index (κ2) is 10.7. The molecule has 0 radical (unpaired) electrons. The minimum atomic E-state index is -4.06. The van der Waals surface area contributed by atoms with Crippen molar-refractivity contribution in [3.05, 3.63) is 130 Å². The fourth-order valence-corrected chi connectivity index (χ4v) is 5.49. The molecule has 7 nitrogen and oxygen atoms in total. The molecule has 0 aliphatic carbocycles. The molecule has 196 valence electrons. The third-order valence-corrected chi connectivity index (χ3v) is 7.82. The van der Waals surface area contributed by atoms with Crippen molar-refractivity contribution in [2.24, 2.45) is 0 Å². The minimum Gasteiger partial charge on any atom is -0.425 e. The lowest BCUT2D eigenvalue weighted by Crippen LogP contribution is -2.36. The lowest BCUT2D eigenvalue weighted by atomic mass is 10.00. The van der Waals surface area contributed by atoms with Crippen molar-refractivity contribution < 1.29 is 22.4 Å². The summed E-state index contributed by atoms with van der Waals surface area (Å²) in [7, 11) is -4.06. The fourth-order valence-electron chi connectivity index (χ4n) is 4.32. The maximum Gasteiger partial charge on any atom is 0.336 e. The number of fused-ring (bicyclic) bond motifs is 1. The first-order chi connectivity index (χ1) is 18.7. The van der Waals surface area contributed by atoms with Crippen molar-refractivity contribution >= 4 is 27.0 Å². The lowest BCUT2D eigenvalue weighted by molar-refractivity contribution is -0.136. The van der Waals surface area contributed by atoms with Gasteiger partial charge in [0.15, 0.2) is 0 Å². The smallest absolute Gasteiger partial charge is 0.336 e. The van der Waals surface area contributed by atoms with Gasteiger partial charge in [-0.3, -0.25) is 0 Å². The van der Waals surface area contributed by atoms with Crippen molar-refractivity contribution in [2.75, 3.05) is 0 Å². The van der Waals surface area contributed by atoms with Gasteiger partial charge in [-0.1, -0.05) is 78.4 Å². The van der Waals surface area contributed by atoms with Gasteiger partial charge in [0.25, 0.3) is 0 Å². The summed E-state index contributed by atoms with van der Waals surface area (Å²) in [5.41, 5.74) is 3.02. The number of rotatable bonds is 7. The van der Waals surface area contributed by atoms with E-state index in [1.54, 1.807) is 61.5 Å². The summed E-state index contributed by atoms with van der Waals surface area (Å²) >= 11 is 0. The average Bonchev–Trinajstić information content (AvgIpc) is 2.94. The van der Waals surface area contributed by atoms with E-state index in [1.165, 1.54) is 18.2 Å². The van der Waals surface area contributed by atoms with Gasteiger partial charge < -0.3 is 9.15 Å². The molecule has 0 amide bonds. The third kappa shape index (κ3) is 5.52. The van der Waals surface area contributed by atoms with E-state index in [9.17, 15) is 18.0 Å². The quantitative estimate of drug-likeness (QED) is 0.162. The fraction of sp³-hybridized carbons (Fsp3) is 0.0968. The number of carbonyl (C=O) groups is 1. The Morgan fingerprint density at radius 3 is 2.15 bits per heavy atom. The van der Waals surface area contributed by atoms with Crippen LogP contribution in [0, 0.1) is 13.8 Å². The van der Waals surface area contributed by atoms with Crippen LogP contribution in [0.2, 0.25) is 0 Å². The molecule has 0 spiro atoms. The molecular weight excluding hydrogens is 514 g/mol. The molecule has 0 saturated heterocycles. The van der Waals surface area contributed by atoms with Crippen molar-refractivity contribution in [3.63, 3.8) is 0 Å². The van der Waals surface area contributed by atoms with Crippen LogP contribution in [0.15, 0.2) is 117 Å². The molecule has 39 heavy (non-hydrogen) atoms. The zero-order valence-electron chi connectivity index (χ0n) is 21.3. The number of sulfonamides is 1. The van der Waals surface area contributed by atoms with Crippen LogP contribution in [0.1, 0.15) is 22.7 Å². The highest BCUT2D eigenvalue weighted by molar-refractivity contribution is 7.89. The summed E-state index contributed by atoms with van der Waals surface area (Å²) in [6.45, 7) is 3.53. The zero-order chi connectivity index (χ0) is 27.6. The number of nitrogens with one attached hydrogen (secondary N) is 1. The highest BCUT2D eigenvalue weighted by Gasteiger charge is 2.29. The second-order valence-electron chi connectivity index (χ2n) is 9.11. The summed E-state index contributed by atoms with van der Waals surface area (Å²) < 4.78 is 40.1. The van der Waals surface area contributed by atoms with E-state index in [4.69, 9.17) is 9.15 Å². The predicted molar refractivity (Wildman–Crippen MR) is 149 cm³/mol. The third-order valence-electron chi connectivity index (χ3n) is 6.38. The Labute approximate surface area is 225 Å². The number of hydrogen-bond acceptors (Lipinski definition) is 6. The van der Waals surface area contributed by atoms with Gasteiger partial charge in [0, 0.05) is 17.0 Å². The highest BCUT2D eigenvalue weighted by Crippen LogP contribution is 2.33. The molecule has 0 bridgehead atoms. The molecule has 0 aliphatic heterocycles. The Kier molecular flexibility index (Phi) is 7.15. The van der Waals surface area contributed by atoms with Gasteiger partial charge in [0.2, 0.25) is 10.0 Å². The van der Waals surface area contributed by atoms with E-state index in [0.717, 1.165) is 11.1 Å². The predicted octanol–water partition coefficient (Wildman–Crippen LogP) is 5.70. The van der Waals surface area contributed by atoms with E-state index in [-0.39, 0.29) is 16.2 Å². The van der Waals surface area contributed by atoms with Crippen LogP contribution in [0.4, 0.5) is 0 Å². The van der Waals surface area contributed by atoms with Gasteiger partial charge in [0.05, 0.1) is 4.90 Å². The SMILES string of the molecule is Cc1ccc(S(=O)(=O)N[C@@H](C(=O)Oc2ccc3c(-c4ccccc4)cc(=O)oc3c2C)c2ccccc2)cc1. The zero-order valence-corrected chi connectivity index (χ0v) is 22.1. The lowest BCUT2D eigenvalue weighted by Gasteiger charge is -2.19. The Morgan fingerprint density at radius 1 is 0.846 bits per heavy atom. The monoisotopic (exact) mass is 539 g/mol. The molecule has 0 aliphatic rings. The van der Waals surface area contributed by atoms with Gasteiger partial charge >= 0.3 is 11.6 Å². The summed E-state index contributed by atoms with van der Waals surface area (Å²) in [6, 6.07) is 27.6. The van der Waals surface area contributed by atoms with E-state index < -0.39 is 27.7 Å². The Hall–Kier alpha value is -4.53. The maximum atomic E-state index is 13.5. The van der Waals surface area contributed by atoms with Crippen LogP contribution < -0.4 is 15.1 Å². The topological polar surface area (TPSA) is 103 Å². The van der Waals surface area contributed by atoms with Crippen LogP contribution in [0.5, 0.6) is 5.75 Å².